The summed E-state index contributed by atoms with van der Waals surface area (Å²) < 4.78 is 0. The molecule has 1 saturated heterocycles. The Kier molecular flexibility index (Phi) is 6.41. The highest BCUT2D eigenvalue weighted by atomic mass is 35.5. The predicted octanol–water partition coefficient (Wildman–Crippen LogP) is 1.63. The van der Waals surface area contributed by atoms with E-state index in [1.807, 2.05) is 0 Å². The van der Waals surface area contributed by atoms with Crippen molar-refractivity contribution < 1.29 is 9.72 Å². The van der Waals surface area contributed by atoms with Gasteiger partial charge in [-0.15, -0.1) is 12.4 Å². The summed E-state index contributed by atoms with van der Waals surface area (Å²) >= 11 is 0. The van der Waals surface area contributed by atoms with Gasteiger partial charge in [-0.3, -0.25) is 14.9 Å². The van der Waals surface area contributed by atoms with Gasteiger partial charge >= 0.3 is 0 Å². The van der Waals surface area contributed by atoms with Crippen LogP contribution in [0, 0.1) is 16.0 Å². The van der Waals surface area contributed by atoms with E-state index in [0.29, 0.717) is 18.9 Å². The fourth-order valence-corrected chi connectivity index (χ4v) is 2.16. The van der Waals surface area contributed by atoms with Crippen LogP contribution in [-0.2, 0) is 11.3 Å². The Morgan fingerprint density at radius 1 is 1.40 bits per heavy atom. The maximum atomic E-state index is 11.7. The number of non-ortho nitro benzene ring substituents is 1. The predicted molar refractivity (Wildman–Crippen MR) is 77.8 cm³/mol. The quantitative estimate of drug-likeness (QED) is 0.639. The fraction of sp³-hybridized carbons (Fsp3) is 0.462. The molecule has 1 atom stereocenters. The third kappa shape index (κ3) is 4.79. The third-order valence-corrected chi connectivity index (χ3v) is 3.27. The number of nitrogens with zero attached hydrogens (tertiary/aromatic N) is 1. The van der Waals surface area contributed by atoms with Crippen molar-refractivity contribution in [1.29, 1.82) is 0 Å². The van der Waals surface area contributed by atoms with Crippen molar-refractivity contribution in [2.24, 2.45) is 5.92 Å². The minimum Gasteiger partial charge on any atom is -0.352 e. The molecule has 2 rings (SSSR count). The van der Waals surface area contributed by atoms with Gasteiger partial charge < -0.3 is 10.6 Å². The highest BCUT2D eigenvalue weighted by molar-refractivity contribution is 5.85. The highest BCUT2D eigenvalue weighted by Crippen LogP contribution is 2.13. The van der Waals surface area contributed by atoms with Crippen molar-refractivity contribution in [2.45, 2.75) is 19.4 Å². The van der Waals surface area contributed by atoms with Gasteiger partial charge in [-0.1, -0.05) is 12.1 Å². The van der Waals surface area contributed by atoms with Crippen LogP contribution in [0.1, 0.15) is 18.4 Å². The molecule has 1 fully saturated rings. The Labute approximate surface area is 123 Å². The summed E-state index contributed by atoms with van der Waals surface area (Å²) in [5.74, 6) is 0.462. The minimum absolute atomic E-state index is 0. The molecule has 0 aliphatic carbocycles. The second-order valence-corrected chi connectivity index (χ2v) is 4.76. The molecule has 0 bridgehead atoms. The Hall–Kier alpha value is -1.66. The van der Waals surface area contributed by atoms with Crippen LogP contribution in [0.2, 0.25) is 0 Å². The van der Waals surface area contributed by atoms with E-state index >= 15 is 0 Å². The van der Waals surface area contributed by atoms with Gasteiger partial charge in [0.05, 0.1) is 4.92 Å². The standard InChI is InChI=1S/C13H17N3O3.ClH/c17-13(7-11-5-6-14-8-11)15-9-10-1-3-12(4-2-10)16(18)19;/h1-4,11,14H,5-9H2,(H,15,17);1H. The van der Waals surface area contributed by atoms with Crippen molar-refractivity contribution >= 4 is 24.0 Å². The van der Waals surface area contributed by atoms with Crippen LogP contribution in [-0.4, -0.2) is 23.9 Å². The van der Waals surface area contributed by atoms with Crippen LogP contribution >= 0.6 is 12.4 Å². The lowest BCUT2D eigenvalue weighted by atomic mass is 10.0. The Balaban J connectivity index is 0.00000200. The van der Waals surface area contributed by atoms with Gasteiger partial charge in [-0.25, -0.2) is 0 Å². The van der Waals surface area contributed by atoms with E-state index in [4.69, 9.17) is 0 Å². The maximum Gasteiger partial charge on any atom is 0.269 e. The van der Waals surface area contributed by atoms with Gasteiger partial charge in [0.2, 0.25) is 5.91 Å². The maximum absolute atomic E-state index is 11.7. The number of benzene rings is 1. The van der Waals surface area contributed by atoms with Crippen molar-refractivity contribution in [2.75, 3.05) is 13.1 Å². The van der Waals surface area contributed by atoms with E-state index in [2.05, 4.69) is 10.6 Å². The molecule has 0 spiro atoms. The molecule has 1 aliphatic rings. The number of carbonyl (C=O) groups excluding carboxylic acids is 1. The van der Waals surface area contributed by atoms with Gasteiger partial charge in [0.1, 0.15) is 0 Å². The normalized spacial score (nSPS) is 17.3. The lowest BCUT2D eigenvalue weighted by Gasteiger charge is -2.09. The molecule has 20 heavy (non-hydrogen) atoms. The van der Waals surface area contributed by atoms with Crippen LogP contribution in [0.5, 0.6) is 0 Å². The summed E-state index contributed by atoms with van der Waals surface area (Å²) in [5, 5.41) is 16.6. The van der Waals surface area contributed by atoms with E-state index in [1.165, 1.54) is 12.1 Å². The molecule has 0 radical (unpaired) electrons. The number of halogens is 1. The first-order chi connectivity index (χ1) is 9.15. The fourth-order valence-electron chi connectivity index (χ4n) is 2.16. The van der Waals surface area contributed by atoms with Gasteiger partial charge in [0.25, 0.3) is 5.69 Å². The SMILES string of the molecule is Cl.O=C(CC1CCNC1)NCc1ccc([N+](=O)[O-])cc1. The Bertz CT molecular complexity index is 458. The molecule has 1 aliphatic heterocycles. The van der Waals surface area contributed by atoms with Crippen molar-refractivity contribution in [3.05, 3.63) is 39.9 Å². The monoisotopic (exact) mass is 299 g/mol. The van der Waals surface area contributed by atoms with Crippen molar-refractivity contribution in [3.8, 4) is 0 Å². The molecule has 2 N–H and O–H groups in total. The molecule has 110 valence electrons. The second kappa shape index (κ2) is 7.81. The van der Waals surface area contributed by atoms with E-state index in [9.17, 15) is 14.9 Å². The van der Waals surface area contributed by atoms with Gasteiger partial charge in [0.15, 0.2) is 0 Å². The third-order valence-electron chi connectivity index (χ3n) is 3.27. The van der Waals surface area contributed by atoms with Crippen molar-refractivity contribution in [3.63, 3.8) is 0 Å². The average molecular weight is 300 g/mol. The molecule has 6 nitrogen and oxygen atoms in total. The van der Waals surface area contributed by atoms with Crippen LogP contribution < -0.4 is 10.6 Å². The molecule has 1 aromatic carbocycles. The first-order valence-corrected chi connectivity index (χ1v) is 6.36. The minimum atomic E-state index is -0.435. The first kappa shape index (κ1) is 16.4. The van der Waals surface area contributed by atoms with Gasteiger partial charge in [0, 0.05) is 25.1 Å². The highest BCUT2D eigenvalue weighted by Gasteiger charge is 2.17. The lowest BCUT2D eigenvalue weighted by molar-refractivity contribution is -0.384. The number of rotatable bonds is 5. The van der Waals surface area contributed by atoms with Gasteiger partial charge in [-0.2, -0.15) is 0 Å². The van der Waals surface area contributed by atoms with Crippen molar-refractivity contribution in [1.82, 2.24) is 10.6 Å². The molecule has 7 heteroatoms. The molecular formula is C13H18ClN3O3. The molecule has 1 amide bonds. The second-order valence-electron chi connectivity index (χ2n) is 4.76. The summed E-state index contributed by atoms with van der Waals surface area (Å²) in [4.78, 5) is 21.8. The Morgan fingerprint density at radius 3 is 2.65 bits per heavy atom. The number of carbonyl (C=O) groups is 1. The summed E-state index contributed by atoms with van der Waals surface area (Å²) in [6.45, 7) is 2.31. The van der Waals surface area contributed by atoms with E-state index in [-0.39, 0.29) is 24.0 Å². The van der Waals surface area contributed by atoms with Crippen LogP contribution in [0.4, 0.5) is 5.69 Å². The van der Waals surface area contributed by atoms with E-state index in [1.54, 1.807) is 12.1 Å². The molecule has 1 unspecified atom stereocenters. The van der Waals surface area contributed by atoms with Gasteiger partial charge in [-0.05, 0) is 31.0 Å². The van der Waals surface area contributed by atoms with Crippen LogP contribution in [0.25, 0.3) is 0 Å². The number of amides is 1. The number of hydrogen-bond donors (Lipinski definition) is 2. The van der Waals surface area contributed by atoms with E-state index < -0.39 is 4.92 Å². The zero-order valence-electron chi connectivity index (χ0n) is 11.0. The zero-order valence-corrected chi connectivity index (χ0v) is 11.8. The largest absolute Gasteiger partial charge is 0.352 e. The summed E-state index contributed by atoms with van der Waals surface area (Å²) in [6, 6.07) is 6.22. The topological polar surface area (TPSA) is 84.3 Å². The average Bonchev–Trinajstić information content (AvgIpc) is 2.89. The number of nitro groups is 1. The molecule has 0 aromatic heterocycles. The smallest absolute Gasteiger partial charge is 0.269 e. The lowest BCUT2D eigenvalue weighted by Crippen LogP contribution is -2.25. The Morgan fingerprint density at radius 2 is 2.10 bits per heavy atom. The molecule has 1 heterocycles. The molecule has 0 saturated carbocycles. The number of nitrogens with one attached hydrogen (secondary N) is 2. The summed E-state index contributed by atoms with van der Waals surface area (Å²) in [7, 11) is 0. The number of hydrogen-bond acceptors (Lipinski definition) is 4. The van der Waals surface area contributed by atoms with Crippen LogP contribution in [0.15, 0.2) is 24.3 Å². The molecule has 1 aromatic rings. The molecular weight excluding hydrogens is 282 g/mol. The zero-order chi connectivity index (χ0) is 13.7. The van der Waals surface area contributed by atoms with E-state index in [0.717, 1.165) is 25.1 Å². The summed E-state index contributed by atoms with van der Waals surface area (Å²) in [6.07, 6.45) is 1.59. The first-order valence-electron chi connectivity index (χ1n) is 6.36. The summed E-state index contributed by atoms with van der Waals surface area (Å²) in [5.41, 5.74) is 0.926. The number of nitro benzene ring substituents is 1. The van der Waals surface area contributed by atoms with Crippen LogP contribution in [0.3, 0.4) is 0 Å².